The number of hydrogen-bond donors (Lipinski definition) is 0. The van der Waals surface area contributed by atoms with Crippen LogP contribution < -0.4 is 51.4 Å². The second-order valence-electron chi connectivity index (χ2n) is 3.24. The Morgan fingerprint density at radius 1 is 0.909 bits per heavy atom. The van der Waals surface area contributed by atoms with Gasteiger partial charge in [0.1, 0.15) is 5.82 Å². The fourth-order valence-electron chi connectivity index (χ4n) is 0.942. The number of rotatable bonds is 2. The van der Waals surface area contributed by atoms with Crippen molar-refractivity contribution in [2.45, 2.75) is 11.7 Å². The second-order valence-corrected chi connectivity index (χ2v) is 4.83. The van der Waals surface area contributed by atoms with Gasteiger partial charge in [0.05, 0.1) is 0 Å². The molecule has 0 amide bonds. The molecule has 22 heavy (non-hydrogen) atoms. The third-order valence-corrected chi connectivity index (χ3v) is 2.80. The van der Waals surface area contributed by atoms with E-state index in [1.54, 1.807) is 0 Å². The molecular formula is C7F9KN2O2S. The van der Waals surface area contributed by atoms with Gasteiger partial charge in [-0.2, -0.15) is 30.7 Å². The predicted octanol–water partition coefficient (Wildman–Crippen LogP) is 0.377. The Morgan fingerprint density at radius 3 is 1.73 bits per heavy atom. The Bertz CT molecular complexity index is 670. The first-order chi connectivity index (χ1) is 9.18. The van der Waals surface area contributed by atoms with Crippen LogP contribution in [0, 0.1) is 17.6 Å². The summed E-state index contributed by atoms with van der Waals surface area (Å²) < 4.78 is 134. The third-order valence-electron chi connectivity index (χ3n) is 1.79. The summed E-state index contributed by atoms with van der Waals surface area (Å²) in [7, 11) is -6.59. The molecule has 0 radical (unpaired) electrons. The molecule has 1 rings (SSSR count). The Balaban J connectivity index is 0.00000441. The molecule has 0 unspecified atom stereocenters. The Morgan fingerprint density at radius 2 is 1.36 bits per heavy atom. The summed E-state index contributed by atoms with van der Waals surface area (Å²) in [6.45, 7) is 0. The number of alkyl halides is 6. The van der Waals surface area contributed by atoms with E-state index in [1.807, 2.05) is 4.98 Å². The molecule has 4 nitrogen and oxygen atoms in total. The summed E-state index contributed by atoms with van der Waals surface area (Å²) in [5, 5.41) is 0. The van der Waals surface area contributed by atoms with Gasteiger partial charge in [0.2, 0.25) is 5.95 Å². The van der Waals surface area contributed by atoms with Crippen molar-refractivity contribution in [2.24, 2.45) is 0 Å². The first kappa shape index (κ1) is 21.9. The van der Waals surface area contributed by atoms with Gasteiger partial charge in [-0.25, -0.2) is 22.2 Å². The van der Waals surface area contributed by atoms with Crippen LogP contribution in [0.3, 0.4) is 0 Å². The average Bonchev–Trinajstić information content (AvgIpc) is 2.26. The molecule has 0 spiro atoms. The molecule has 0 aliphatic heterocycles. The summed E-state index contributed by atoms with van der Waals surface area (Å²) in [6, 6.07) is 0. The van der Waals surface area contributed by atoms with Gasteiger partial charge in [0, 0.05) is 0 Å². The number of aromatic nitrogens is 1. The van der Waals surface area contributed by atoms with E-state index in [2.05, 4.69) is 0 Å². The van der Waals surface area contributed by atoms with Gasteiger partial charge >= 0.3 is 63.1 Å². The molecule has 0 bridgehead atoms. The van der Waals surface area contributed by atoms with Crippen LogP contribution in [0.15, 0.2) is 0 Å². The van der Waals surface area contributed by atoms with Crippen LogP contribution in [0.4, 0.5) is 45.2 Å². The summed E-state index contributed by atoms with van der Waals surface area (Å²) in [4.78, 5) is 1.82. The van der Waals surface area contributed by atoms with Gasteiger partial charge in [-0.1, -0.05) is 0 Å². The smallest absolute Gasteiger partial charge is 0.564 e. The van der Waals surface area contributed by atoms with Crippen LogP contribution in [0.1, 0.15) is 5.69 Å². The van der Waals surface area contributed by atoms with Crippen molar-refractivity contribution in [1.29, 1.82) is 0 Å². The summed E-state index contributed by atoms with van der Waals surface area (Å²) in [5.74, 6) is -8.28. The molecule has 0 aromatic carbocycles. The van der Waals surface area contributed by atoms with Crippen molar-refractivity contribution >= 4 is 15.7 Å². The minimum atomic E-state index is -6.59. The first-order valence-corrected chi connectivity index (χ1v) is 5.78. The quantitative estimate of drug-likeness (QED) is 0.420. The van der Waals surface area contributed by atoms with Crippen LogP contribution in [-0.2, 0) is 16.2 Å². The number of pyridine rings is 1. The molecule has 0 fully saturated rings. The zero-order valence-electron chi connectivity index (χ0n) is 10.0. The van der Waals surface area contributed by atoms with Crippen molar-refractivity contribution in [3.8, 4) is 0 Å². The molecule has 15 heteroatoms. The molecule has 1 aromatic heterocycles. The summed E-state index contributed by atoms with van der Waals surface area (Å²) in [6.07, 6.45) is -5.72. The molecule has 0 saturated heterocycles. The monoisotopic (exact) mass is 386 g/mol. The van der Waals surface area contributed by atoms with Gasteiger partial charge < -0.3 is 4.72 Å². The summed E-state index contributed by atoms with van der Waals surface area (Å²) >= 11 is 0. The van der Waals surface area contributed by atoms with Crippen LogP contribution in [-0.4, -0.2) is 18.9 Å². The maximum Gasteiger partial charge on any atom is 1.00 e. The molecule has 0 N–H and O–H groups in total. The van der Waals surface area contributed by atoms with Gasteiger partial charge in [-0.15, -0.1) is 0 Å². The van der Waals surface area contributed by atoms with Crippen LogP contribution >= 0.6 is 0 Å². The maximum absolute atomic E-state index is 13.2. The number of nitrogens with zero attached hydrogens (tertiary/aromatic N) is 2. The van der Waals surface area contributed by atoms with E-state index in [-0.39, 0.29) is 51.4 Å². The Labute approximate surface area is 158 Å². The minimum absolute atomic E-state index is 0. The van der Waals surface area contributed by atoms with Crippen molar-refractivity contribution in [2.75, 3.05) is 0 Å². The van der Waals surface area contributed by atoms with Crippen molar-refractivity contribution in [3.63, 3.8) is 0 Å². The number of sulfonamides is 1. The van der Waals surface area contributed by atoms with Crippen molar-refractivity contribution in [3.05, 3.63) is 28.0 Å². The van der Waals surface area contributed by atoms with E-state index >= 15 is 0 Å². The molecule has 1 heterocycles. The minimum Gasteiger partial charge on any atom is -0.564 e. The Kier molecular flexibility index (Phi) is 6.77. The Hall–Kier alpha value is -0.0936. The van der Waals surface area contributed by atoms with Gasteiger partial charge in [-0.05, 0) is 5.69 Å². The molecule has 120 valence electrons. The standard InChI is InChI=1S/C7F9N2O2S.K/c8-1-3(18-21(19,20)7(14,15)16)2(9)5(10)17-4(1)6(11,12)13;/q-1;+1. The molecule has 0 aliphatic rings. The predicted molar refractivity (Wildman–Crippen MR) is 47.1 cm³/mol. The number of halogens is 9. The molecule has 0 aliphatic carbocycles. The third kappa shape index (κ3) is 4.47. The average molecular weight is 386 g/mol. The zero-order chi connectivity index (χ0) is 16.8. The molecule has 0 saturated carbocycles. The van der Waals surface area contributed by atoms with E-state index in [0.717, 1.165) is 0 Å². The van der Waals surface area contributed by atoms with Crippen molar-refractivity contribution < 1.29 is 99.3 Å². The first-order valence-electron chi connectivity index (χ1n) is 4.34. The number of hydrogen-bond acceptors (Lipinski definition) is 3. The topological polar surface area (TPSA) is 61.1 Å². The normalized spacial score (nSPS) is 12.8. The fraction of sp³-hybridized carbons (Fsp3) is 0.286. The largest absolute Gasteiger partial charge is 1.00 e. The van der Waals surface area contributed by atoms with Gasteiger partial charge in [0.15, 0.2) is 21.5 Å². The summed E-state index contributed by atoms with van der Waals surface area (Å²) in [5.41, 5.74) is -11.5. The van der Waals surface area contributed by atoms with Gasteiger partial charge in [0.25, 0.3) is 0 Å². The second kappa shape index (κ2) is 6.80. The van der Waals surface area contributed by atoms with Crippen LogP contribution in [0.2, 0.25) is 0 Å². The van der Waals surface area contributed by atoms with E-state index < -0.39 is 50.7 Å². The SMILES string of the molecule is O=S(=O)([N-]c1c(F)c(F)nc(C(F)(F)F)c1F)C(F)(F)F.[K+]. The molecule has 0 atom stereocenters. The van der Waals surface area contributed by atoms with E-state index in [9.17, 15) is 47.9 Å². The van der Waals surface area contributed by atoms with Crippen molar-refractivity contribution in [1.82, 2.24) is 4.98 Å². The zero-order valence-corrected chi connectivity index (χ0v) is 14.0. The van der Waals surface area contributed by atoms with E-state index in [1.165, 1.54) is 4.72 Å². The molecular weight excluding hydrogens is 386 g/mol. The van der Waals surface area contributed by atoms with Gasteiger partial charge in [-0.3, -0.25) is 0 Å². The molecule has 1 aromatic rings. The fourth-order valence-corrected chi connectivity index (χ4v) is 1.45. The van der Waals surface area contributed by atoms with Crippen LogP contribution in [0.5, 0.6) is 0 Å². The van der Waals surface area contributed by atoms with E-state index in [4.69, 9.17) is 0 Å². The van der Waals surface area contributed by atoms with E-state index in [0.29, 0.717) is 0 Å². The maximum atomic E-state index is 13.2. The van der Waals surface area contributed by atoms with Crippen LogP contribution in [0.25, 0.3) is 4.72 Å².